The topological polar surface area (TPSA) is 29.9 Å². The maximum Gasteiger partial charge on any atom is 0.0762 e. The minimum absolute atomic E-state index is 0.159. The number of benzene rings is 1. The van der Waals surface area contributed by atoms with E-state index in [1.807, 2.05) is 35.1 Å². The molecule has 0 aliphatic heterocycles. The zero-order chi connectivity index (χ0) is 13.7. The number of hydrogen-bond donors (Lipinski definition) is 1. The number of nitrogens with zero attached hydrogens (tertiary/aromatic N) is 2. The van der Waals surface area contributed by atoms with Crippen LogP contribution in [0.2, 0.25) is 0 Å². The van der Waals surface area contributed by atoms with E-state index in [9.17, 15) is 0 Å². The smallest absolute Gasteiger partial charge is 0.0762 e. The highest BCUT2D eigenvalue weighted by Gasteiger charge is 2.10. The predicted molar refractivity (Wildman–Crippen MR) is 79.4 cm³/mol. The van der Waals surface area contributed by atoms with Gasteiger partial charge in [0, 0.05) is 30.7 Å². The summed E-state index contributed by atoms with van der Waals surface area (Å²) < 4.78 is 1.97. The molecule has 0 spiro atoms. The molecule has 0 radical (unpaired) electrons. The molecule has 0 amide bonds. The van der Waals surface area contributed by atoms with E-state index >= 15 is 0 Å². The molecule has 2 rings (SSSR count). The van der Waals surface area contributed by atoms with Crippen molar-refractivity contribution in [3.05, 3.63) is 53.9 Å². The molecule has 1 atom stereocenters. The lowest BCUT2D eigenvalue weighted by Gasteiger charge is -2.15. The van der Waals surface area contributed by atoms with Gasteiger partial charge in [-0.25, -0.2) is 0 Å². The van der Waals surface area contributed by atoms with Crippen LogP contribution in [-0.4, -0.2) is 15.7 Å². The molecule has 0 aliphatic rings. The van der Waals surface area contributed by atoms with Gasteiger partial charge in [-0.1, -0.05) is 30.3 Å². The Morgan fingerprint density at radius 3 is 2.53 bits per heavy atom. The molecule has 0 fully saturated rings. The highest BCUT2D eigenvalue weighted by Crippen LogP contribution is 2.15. The first-order chi connectivity index (χ1) is 9.20. The lowest BCUT2D eigenvalue weighted by molar-refractivity contribution is 0.513. The van der Waals surface area contributed by atoms with Crippen LogP contribution in [0.3, 0.4) is 0 Å². The van der Waals surface area contributed by atoms with Gasteiger partial charge in [0.15, 0.2) is 0 Å². The van der Waals surface area contributed by atoms with Gasteiger partial charge in [-0.15, -0.1) is 11.6 Å². The van der Waals surface area contributed by atoms with Crippen LogP contribution in [-0.2, 0) is 6.54 Å². The molecule has 2 aromatic rings. The molecule has 102 valence electrons. The molecule has 1 unspecified atom stereocenters. The Kier molecular flexibility index (Phi) is 5.00. The van der Waals surface area contributed by atoms with E-state index in [0.717, 1.165) is 12.2 Å². The van der Waals surface area contributed by atoms with Crippen molar-refractivity contribution in [3.63, 3.8) is 0 Å². The molecule has 0 bridgehead atoms. The standard InChI is InChI=1S/C15H20ClN3/c1-12(2)19-9-8-14(18-19)11-17-15(10-16)13-6-4-3-5-7-13/h3-9,12,15,17H,10-11H2,1-2H3. The highest BCUT2D eigenvalue weighted by molar-refractivity contribution is 6.18. The third-order valence-electron chi connectivity index (χ3n) is 3.08. The Hall–Kier alpha value is -1.32. The molecule has 0 saturated carbocycles. The molecule has 0 saturated heterocycles. The second kappa shape index (κ2) is 6.73. The van der Waals surface area contributed by atoms with E-state index in [-0.39, 0.29) is 6.04 Å². The summed E-state index contributed by atoms with van der Waals surface area (Å²) in [5.74, 6) is 0.550. The number of halogens is 1. The molecule has 1 aromatic carbocycles. The fraction of sp³-hybridized carbons (Fsp3) is 0.400. The van der Waals surface area contributed by atoms with Gasteiger partial charge in [-0.3, -0.25) is 4.68 Å². The summed E-state index contributed by atoms with van der Waals surface area (Å²) in [6, 6.07) is 12.9. The summed E-state index contributed by atoms with van der Waals surface area (Å²) in [7, 11) is 0. The van der Waals surface area contributed by atoms with Gasteiger partial charge in [0.1, 0.15) is 0 Å². The van der Waals surface area contributed by atoms with Gasteiger partial charge in [0.25, 0.3) is 0 Å². The third kappa shape index (κ3) is 3.82. The van der Waals surface area contributed by atoms with Crippen molar-refractivity contribution in [1.82, 2.24) is 15.1 Å². The van der Waals surface area contributed by atoms with Gasteiger partial charge in [-0.05, 0) is 25.5 Å². The van der Waals surface area contributed by atoms with Gasteiger partial charge < -0.3 is 5.32 Å². The lowest BCUT2D eigenvalue weighted by atomic mass is 10.1. The summed E-state index contributed by atoms with van der Waals surface area (Å²) in [5, 5.41) is 7.97. The minimum Gasteiger partial charge on any atom is -0.303 e. The Bertz CT molecular complexity index is 493. The van der Waals surface area contributed by atoms with Crippen LogP contribution in [0.5, 0.6) is 0 Å². The van der Waals surface area contributed by atoms with E-state index in [4.69, 9.17) is 11.6 Å². The van der Waals surface area contributed by atoms with Crippen LogP contribution in [0.25, 0.3) is 0 Å². The van der Waals surface area contributed by atoms with Crippen molar-refractivity contribution >= 4 is 11.6 Å². The zero-order valence-electron chi connectivity index (χ0n) is 11.4. The maximum absolute atomic E-state index is 6.04. The summed E-state index contributed by atoms with van der Waals surface area (Å²) in [6.07, 6.45) is 2.01. The van der Waals surface area contributed by atoms with Crippen LogP contribution in [0, 0.1) is 0 Å². The molecular formula is C15H20ClN3. The molecular weight excluding hydrogens is 258 g/mol. The van der Waals surface area contributed by atoms with Crippen molar-refractivity contribution < 1.29 is 0 Å². The maximum atomic E-state index is 6.04. The molecule has 1 aromatic heterocycles. The molecule has 4 heteroatoms. The molecule has 1 heterocycles. The van der Waals surface area contributed by atoms with Crippen LogP contribution in [0.4, 0.5) is 0 Å². The van der Waals surface area contributed by atoms with E-state index in [2.05, 4.69) is 36.4 Å². The zero-order valence-corrected chi connectivity index (χ0v) is 12.1. The minimum atomic E-state index is 0.159. The lowest BCUT2D eigenvalue weighted by Crippen LogP contribution is -2.22. The Morgan fingerprint density at radius 2 is 1.95 bits per heavy atom. The summed E-state index contributed by atoms with van der Waals surface area (Å²) >= 11 is 6.04. The summed E-state index contributed by atoms with van der Waals surface area (Å²) in [5.41, 5.74) is 2.25. The fourth-order valence-corrected chi connectivity index (χ4v) is 2.22. The average molecular weight is 278 g/mol. The van der Waals surface area contributed by atoms with Crippen molar-refractivity contribution in [2.24, 2.45) is 0 Å². The Labute approximate surface area is 119 Å². The normalized spacial score (nSPS) is 12.8. The van der Waals surface area contributed by atoms with Gasteiger partial charge >= 0.3 is 0 Å². The van der Waals surface area contributed by atoms with Crippen molar-refractivity contribution in [2.75, 3.05) is 5.88 Å². The number of nitrogens with one attached hydrogen (secondary N) is 1. The van der Waals surface area contributed by atoms with Crippen LogP contribution < -0.4 is 5.32 Å². The summed E-state index contributed by atoms with van der Waals surface area (Å²) in [6.45, 7) is 4.97. The van der Waals surface area contributed by atoms with Gasteiger partial charge in [0.2, 0.25) is 0 Å². The second-order valence-electron chi connectivity index (χ2n) is 4.88. The molecule has 0 aliphatic carbocycles. The quantitative estimate of drug-likeness (QED) is 0.819. The number of rotatable bonds is 6. The number of aromatic nitrogens is 2. The monoisotopic (exact) mass is 277 g/mol. The molecule has 1 N–H and O–H groups in total. The highest BCUT2D eigenvalue weighted by atomic mass is 35.5. The van der Waals surface area contributed by atoms with Gasteiger partial charge in [-0.2, -0.15) is 5.10 Å². The second-order valence-corrected chi connectivity index (χ2v) is 5.19. The van der Waals surface area contributed by atoms with Crippen molar-refractivity contribution in [3.8, 4) is 0 Å². The first-order valence-corrected chi connectivity index (χ1v) is 7.12. The number of hydrogen-bond acceptors (Lipinski definition) is 2. The Balaban J connectivity index is 1.96. The van der Waals surface area contributed by atoms with Crippen LogP contribution in [0.1, 0.15) is 37.2 Å². The van der Waals surface area contributed by atoms with Crippen LogP contribution in [0.15, 0.2) is 42.6 Å². The first-order valence-electron chi connectivity index (χ1n) is 6.59. The Morgan fingerprint density at radius 1 is 1.21 bits per heavy atom. The van der Waals surface area contributed by atoms with Crippen molar-refractivity contribution in [1.29, 1.82) is 0 Å². The predicted octanol–water partition coefficient (Wildman–Crippen LogP) is 3.53. The average Bonchev–Trinajstić information content (AvgIpc) is 2.90. The fourth-order valence-electron chi connectivity index (χ4n) is 1.93. The SMILES string of the molecule is CC(C)n1ccc(CNC(CCl)c2ccccc2)n1. The van der Waals surface area contributed by atoms with E-state index in [1.54, 1.807) is 0 Å². The van der Waals surface area contributed by atoms with Crippen LogP contribution >= 0.6 is 11.6 Å². The van der Waals surface area contributed by atoms with Gasteiger partial charge in [0.05, 0.1) is 5.69 Å². The van der Waals surface area contributed by atoms with E-state index < -0.39 is 0 Å². The molecule has 3 nitrogen and oxygen atoms in total. The molecule has 19 heavy (non-hydrogen) atoms. The number of alkyl halides is 1. The summed E-state index contributed by atoms with van der Waals surface area (Å²) in [4.78, 5) is 0. The van der Waals surface area contributed by atoms with Crippen molar-refractivity contribution in [2.45, 2.75) is 32.5 Å². The first kappa shape index (κ1) is 14.1. The van der Waals surface area contributed by atoms with E-state index in [0.29, 0.717) is 11.9 Å². The van der Waals surface area contributed by atoms with E-state index in [1.165, 1.54) is 5.56 Å². The third-order valence-corrected chi connectivity index (χ3v) is 3.39. The largest absolute Gasteiger partial charge is 0.303 e.